The summed E-state index contributed by atoms with van der Waals surface area (Å²) in [5, 5.41) is 9.73. The highest BCUT2D eigenvalue weighted by molar-refractivity contribution is 5.48. The van der Waals surface area contributed by atoms with Crippen LogP contribution >= 0.6 is 0 Å². The molecule has 2 unspecified atom stereocenters. The SMILES string of the molecule is CC1CC(O)CCN1CC1CCN(c2ccc(C(F)(F)F)cc2)CC1. The molecule has 2 fully saturated rings. The molecule has 2 aliphatic heterocycles. The quantitative estimate of drug-likeness (QED) is 0.893. The Hall–Kier alpha value is -1.27. The molecule has 0 saturated carbocycles. The number of aliphatic hydroxyl groups is 1. The van der Waals surface area contributed by atoms with Crippen LogP contribution in [0.3, 0.4) is 0 Å². The summed E-state index contributed by atoms with van der Waals surface area (Å²) >= 11 is 0. The first-order valence-corrected chi connectivity index (χ1v) is 9.17. The number of benzene rings is 1. The minimum absolute atomic E-state index is 0.159. The molecule has 2 saturated heterocycles. The molecule has 0 amide bonds. The molecule has 0 bridgehead atoms. The molecule has 2 aliphatic rings. The summed E-state index contributed by atoms with van der Waals surface area (Å²) in [5.74, 6) is 0.628. The van der Waals surface area contributed by atoms with E-state index in [9.17, 15) is 18.3 Å². The van der Waals surface area contributed by atoms with E-state index in [0.717, 1.165) is 57.5 Å². The third-order valence-corrected chi connectivity index (χ3v) is 5.65. The van der Waals surface area contributed by atoms with E-state index in [0.29, 0.717) is 12.0 Å². The molecule has 0 spiro atoms. The van der Waals surface area contributed by atoms with Crippen molar-refractivity contribution in [2.75, 3.05) is 31.1 Å². The monoisotopic (exact) mass is 356 g/mol. The summed E-state index contributed by atoms with van der Waals surface area (Å²) < 4.78 is 38.0. The van der Waals surface area contributed by atoms with Crippen LogP contribution in [-0.2, 0) is 6.18 Å². The van der Waals surface area contributed by atoms with Gasteiger partial charge in [-0.15, -0.1) is 0 Å². The molecule has 0 radical (unpaired) electrons. The lowest BCUT2D eigenvalue weighted by Crippen LogP contribution is -2.46. The Morgan fingerprint density at radius 1 is 1.04 bits per heavy atom. The summed E-state index contributed by atoms with van der Waals surface area (Å²) in [6.07, 6.45) is -0.601. The lowest BCUT2D eigenvalue weighted by atomic mass is 9.93. The Morgan fingerprint density at radius 3 is 2.24 bits per heavy atom. The highest BCUT2D eigenvalue weighted by atomic mass is 19.4. The van der Waals surface area contributed by atoms with Crippen LogP contribution in [0.15, 0.2) is 24.3 Å². The van der Waals surface area contributed by atoms with E-state index in [-0.39, 0.29) is 6.10 Å². The van der Waals surface area contributed by atoms with Crippen LogP contribution in [0.4, 0.5) is 18.9 Å². The van der Waals surface area contributed by atoms with Crippen LogP contribution in [0.5, 0.6) is 0 Å². The van der Waals surface area contributed by atoms with Crippen LogP contribution in [0.1, 0.15) is 38.2 Å². The first kappa shape index (κ1) is 18.5. The molecule has 0 aromatic heterocycles. The molecule has 3 nitrogen and oxygen atoms in total. The predicted molar refractivity (Wildman–Crippen MR) is 92.7 cm³/mol. The fourth-order valence-corrected chi connectivity index (χ4v) is 4.03. The summed E-state index contributed by atoms with van der Waals surface area (Å²) in [4.78, 5) is 4.66. The Bertz CT molecular complexity index is 553. The molecule has 0 aliphatic carbocycles. The van der Waals surface area contributed by atoms with Gasteiger partial charge in [0.25, 0.3) is 0 Å². The third kappa shape index (κ3) is 4.67. The maximum Gasteiger partial charge on any atom is 0.416 e. The molecular weight excluding hydrogens is 329 g/mol. The highest BCUT2D eigenvalue weighted by Crippen LogP contribution is 2.32. The molecule has 25 heavy (non-hydrogen) atoms. The van der Waals surface area contributed by atoms with Gasteiger partial charge in [-0.1, -0.05) is 0 Å². The van der Waals surface area contributed by atoms with Gasteiger partial charge in [0.1, 0.15) is 0 Å². The van der Waals surface area contributed by atoms with Crippen molar-refractivity contribution in [3.63, 3.8) is 0 Å². The molecule has 6 heteroatoms. The van der Waals surface area contributed by atoms with Gasteiger partial charge in [-0.05, 0) is 62.8 Å². The zero-order valence-corrected chi connectivity index (χ0v) is 14.7. The molecular formula is C19H27F3N2O. The normalized spacial score (nSPS) is 26.8. The van der Waals surface area contributed by atoms with Crippen LogP contribution in [0.25, 0.3) is 0 Å². The van der Waals surface area contributed by atoms with Crippen molar-refractivity contribution < 1.29 is 18.3 Å². The van der Waals surface area contributed by atoms with Crippen LogP contribution in [0, 0.1) is 5.92 Å². The van der Waals surface area contributed by atoms with Crippen molar-refractivity contribution >= 4 is 5.69 Å². The van der Waals surface area contributed by atoms with Gasteiger partial charge in [0, 0.05) is 37.9 Å². The summed E-state index contributed by atoms with van der Waals surface area (Å²) in [6, 6.07) is 5.93. The second kappa shape index (κ2) is 7.54. The molecule has 1 N–H and O–H groups in total. The molecule has 3 rings (SSSR count). The fourth-order valence-electron chi connectivity index (χ4n) is 4.03. The van der Waals surface area contributed by atoms with Crippen molar-refractivity contribution in [2.45, 2.75) is 50.9 Å². The molecule has 1 aromatic carbocycles. The first-order chi connectivity index (χ1) is 11.8. The Balaban J connectivity index is 1.50. The van der Waals surface area contributed by atoms with Gasteiger partial charge in [-0.3, -0.25) is 0 Å². The van der Waals surface area contributed by atoms with E-state index >= 15 is 0 Å². The van der Waals surface area contributed by atoms with Crippen molar-refractivity contribution in [1.29, 1.82) is 0 Å². The van der Waals surface area contributed by atoms with Gasteiger partial charge in [0.15, 0.2) is 0 Å². The molecule has 1 aromatic rings. The van der Waals surface area contributed by atoms with E-state index in [1.807, 2.05) is 0 Å². The zero-order chi connectivity index (χ0) is 18.0. The minimum atomic E-state index is -4.27. The van der Waals surface area contributed by atoms with E-state index in [4.69, 9.17) is 0 Å². The molecule has 2 heterocycles. The predicted octanol–water partition coefficient (Wildman–Crippen LogP) is 3.77. The summed E-state index contributed by atoms with van der Waals surface area (Å²) in [6.45, 7) is 5.98. The van der Waals surface area contributed by atoms with E-state index < -0.39 is 11.7 Å². The standard InChI is InChI=1S/C19H27F3N2O/c1-14-12-18(25)8-11-24(14)13-15-6-9-23(10-7-15)17-4-2-16(3-5-17)19(20,21)22/h2-5,14-15,18,25H,6-13H2,1H3. The number of alkyl halides is 3. The van der Waals surface area contributed by atoms with Gasteiger partial charge < -0.3 is 14.9 Å². The number of hydrogen-bond acceptors (Lipinski definition) is 3. The summed E-state index contributed by atoms with van der Waals surface area (Å²) in [7, 11) is 0. The number of rotatable bonds is 3. The second-order valence-corrected chi connectivity index (χ2v) is 7.50. The number of halogens is 3. The lowest BCUT2D eigenvalue weighted by Gasteiger charge is -2.40. The van der Waals surface area contributed by atoms with E-state index in [1.165, 1.54) is 12.1 Å². The van der Waals surface area contributed by atoms with Gasteiger partial charge >= 0.3 is 6.18 Å². The molecule has 2 atom stereocenters. The first-order valence-electron chi connectivity index (χ1n) is 9.17. The van der Waals surface area contributed by atoms with Gasteiger partial charge in [0.2, 0.25) is 0 Å². The topological polar surface area (TPSA) is 26.7 Å². The maximum absolute atomic E-state index is 12.7. The van der Waals surface area contributed by atoms with E-state index in [1.54, 1.807) is 12.1 Å². The van der Waals surface area contributed by atoms with Crippen molar-refractivity contribution in [2.24, 2.45) is 5.92 Å². The maximum atomic E-state index is 12.7. The molecule has 140 valence electrons. The van der Waals surface area contributed by atoms with Crippen LogP contribution in [-0.4, -0.2) is 48.3 Å². The largest absolute Gasteiger partial charge is 0.416 e. The smallest absolute Gasteiger partial charge is 0.393 e. The fraction of sp³-hybridized carbons (Fsp3) is 0.684. The number of likely N-dealkylation sites (tertiary alicyclic amines) is 1. The Kier molecular flexibility index (Phi) is 5.58. The van der Waals surface area contributed by atoms with Crippen LogP contribution < -0.4 is 4.90 Å². The average Bonchev–Trinajstić information content (AvgIpc) is 2.57. The zero-order valence-electron chi connectivity index (χ0n) is 14.7. The number of anilines is 1. The number of aliphatic hydroxyl groups excluding tert-OH is 1. The van der Waals surface area contributed by atoms with E-state index in [2.05, 4.69) is 16.7 Å². The Morgan fingerprint density at radius 2 is 1.68 bits per heavy atom. The Labute approximate surface area is 147 Å². The van der Waals surface area contributed by atoms with Gasteiger partial charge in [-0.25, -0.2) is 0 Å². The van der Waals surface area contributed by atoms with Gasteiger partial charge in [-0.2, -0.15) is 13.2 Å². The number of nitrogens with zero attached hydrogens (tertiary/aromatic N) is 2. The summed E-state index contributed by atoms with van der Waals surface area (Å²) in [5.41, 5.74) is 0.285. The van der Waals surface area contributed by atoms with Crippen LogP contribution in [0.2, 0.25) is 0 Å². The van der Waals surface area contributed by atoms with Crippen molar-refractivity contribution in [1.82, 2.24) is 4.90 Å². The highest BCUT2D eigenvalue weighted by Gasteiger charge is 2.31. The van der Waals surface area contributed by atoms with Crippen molar-refractivity contribution in [3.05, 3.63) is 29.8 Å². The number of hydrogen-bond donors (Lipinski definition) is 1. The van der Waals surface area contributed by atoms with Crippen molar-refractivity contribution in [3.8, 4) is 0 Å². The minimum Gasteiger partial charge on any atom is -0.393 e. The third-order valence-electron chi connectivity index (χ3n) is 5.65. The van der Waals surface area contributed by atoms with Gasteiger partial charge in [0.05, 0.1) is 11.7 Å². The average molecular weight is 356 g/mol. The number of piperidine rings is 2. The lowest BCUT2D eigenvalue weighted by molar-refractivity contribution is -0.137. The second-order valence-electron chi connectivity index (χ2n) is 7.50.